The van der Waals surface area contributed by atoms with Crippen LogP contribution in [0.15, 0.2) is 24.3 Å². The summed E-state index contributed by atoms with van der Waals surface area (Å²) in [5, 5.41) is 20.4. The highest BCUT2D eigenvalue weighted by molar-refractivity contribution is 5.91. The molecule has 6 atom stereocenters. The van der Waals surface area contributed by atoms with Crippen molar-refractivity contribution in [1.29, 1.82) is 0 Å². The Morgan fingerprint density at radius 3 is 2.74 bits per heavy atom. The van der Waals surface area contributed by atoms with E-state index in [-0.39, 0.29) is 29.3 Å². The number of rotatable bonds is 0. The van der Waals surface area contributed by atoms with Crippen LogP contribution in [0.3, 0.4) is 0 Å². The van der Waals surface area contributed by atoms with Gasteiger partial charge in [-0.3, -0.25) is 0 Å². The van der Waals surface area contributed by atoms with Gasteiger partial charge in [-0.25, -0.2) is 4.79 Å². The highest BCUT2D eigenvalue weighted by Gasteiger charge is 2.59. The van der Waals surface area contributed by atoms with Crippen molar-refractivity contribution in [3.8, 4) is 0 Å². The van der Waals surface area contributed by atoms with Crippen LogP contribution >= 0.6 is 0 Å². The van der Waals surface area contributed by atoms with Crippen molar-refractivity contribution in [2.24, 2.45) is 17.3 Å². The van der Waals surface area contributed by atoms with E-state index in [0.29, 0.717) is 17.6 Å². The van der Waals surface area contributed by atoms with Crippen LogP contribution in [-0.2, 0) is 9.53 Å². The van der Waals surface area contributed by atoms with Gasteiger partial charge in [-0.2, -0.15) is 0 Å². The zero-order valence-corrected chi connectivity index (χ0v) is 11.1. The van der Waals surface area contributed by atoms with Gasteiger partial charge in [-0.05, 0) is 18.4 Å². The van der Waals surface area contributed by atoms with E-state index in [1.807, 2.05) is 6.92 Å². The molecule has 3 fully saturated rings. The van der Waals surface area contributed by atoms with Crippen LogP contribution in [0.25, 0.3) is 0 Å². The number of hydrogen-bond acceptors (Lipinski definition) is 4. The van der Waals surface area contributed by atoms with Gasteiger partial charge in [-0.1, -0.05) is 20.1 Å². The summed E-state index contributed by atoms with van der Waals surface area (Å²) in [4.78, 5) is 11.7. The maximum absolute atomic E-state index is 11.7. The first-order valence-corrected chi connectivity index (χ1v) is 6.81. The quantitative estimate of drug-likeness (QED) is 0.392. The van der Waals surface area contributed by atoms with Gasteiger partial charge in [0.25, 0.3) is 0 Å². The fraction of sp³-hybridized carbons (Fsp3) is 0.667. The van der Waals surface area contributed by atoms with Gasteiger partial charge in [0, 0.05) is 29.2 Å². The number of carbonyl (C=O) groups is 1. The Bertz CT molecular complexity index is 469. The zero-order valence-electron chi connectivity index (χ0n) is 11.1. The van der Waals surface area contributed by atoms with Crippen molar-refractivity contribution in [1.82, 2.24) is 0 Å². The van der Waals surface area contributed by atoms with Crippen molar-refractivity contribution >= 4 is 5.97 Å². The molecule has 19 heavy (non-hydrogen) atoms. The van der Waals surface area contributed by atoms with Gasteiger partial charge in [-0.15, -0.1) is 0 Å². The van der Waals surface area contributed by atoms with Gasteiger partial charge in [0.05, 0.1) is 12.2 Å². The van der Waals surface area contributed by atoms with E-state index in [1.54, 1.807) is 0 Å². The molecule has 2 aliphatic carbocycles. The summed E-state index contributed by atoms with van der Waals surface area (Å²) >= 11 is 0. The molecule has 0 radical (unpaired) electrons. The molecule has 0 unspecified atom stereocenters. The third-order valence-corrected chi connectivity index (χ3v) is 5.42. The van der Waals surface area contributed by atoms with Crippen LogP contribution in [-0.4, -0.2) is 34.5 Å². The SMILES string of the molecule is C=C1C(=O)O[C@H]2[C@@H]1CC[C@@]1(C)[C@H](O)C[C@@H](O)C(=C)[C@H]21. The summed E-state index contributed by atoms with van der Waals surface area (Å²) in [6.07, 6.45) is 0.268. The first-order valence-electron chi connectivity index (χ1n) is 6.81. The maximum atomic E-state index is 11.7. The van der Waals surface area contributed by atoms with Gasteiger partial charge >= 0.3 is 5.97 Å². The molecular formula is C15H20O4. The van der Waals surface area contributed by atoms with E-state index in [1.165, 1.54) is 0 Å². The molecule has 0 amide bonds. The standard InChI is InChI=1S/C15H20O4/c1-7-9-4-5-15(3)11(17)6-10(16)8(2)12(15)13(9)19-14(7)18/h9-13,16-17H,1-2,4-6H2,3H3/t9-,10-,11-,12-,13+,15+/m1/s1. The summed E-state index contributed by atoms with van der Waals surface area (Å²) in [6, 6.07) is 0. The molecule has 1 aliphatic heterocycles. The molecule has 3 rings (SSSR count). The molecule has 0 spiro atoms. The van der Waals surface area contributed by atoms with Crippen molar-refractivity contribution in [3.63, 3.8) is 0 Å². The second-order valence-corrected chi connectivity index (χ2v) is 6.37. The first-order chi connectivity index (χ1) is 8.86. The summed E-state index contributed by atoms with van der Waals surface area (Å²) < 4.78 is 5.46. The second kappa shape index (κ2) is 3.93. The molecule has 104 valence electrons. The van der Waals surface area contributed by atoms with Crippen molar-refractivity contribution in [3.05, 3.63) is 24.3 Å². The predicted molar refractivity (Wildman–Crippen MR) is 69.1 cm³/mol. The Kier molecular flexibility index (Phi) is 2.67. The lowest BCUT2D eigenvalue weighted by atomic mass is 9.53. The Balaban J connectivity index is 2.02. The Morgan fingerprint density at radius 1 is 1.37 bits per heavy atom. The van der Waals surface area contributed by atoms with E-state index >= 15 is 0 Å². The van der Waals surface area contributed by atoms with Crippen LogP contribution in [0, 0.1) is 17.3 Å². The first kappa shape index (κ1) is 12.9. The van der Waals surface area contributed by atoms with Gasteiger partial charge in [0.15, 0.2) is 0 Å². The molecule has 2 saturated carbocycles. The van der Waals surface area contributed by atoms with Crippen LogP contribution in [0.1, 0.15) is 26.2 Å². The molecule has 0 aromatic rings. The summed E-state index contributed by atoms with van der Waals surface area (Å²) in [7, 11) is 0. The van der Waals surface area contributed by atoms with Gasteiger partial charge in [0.1, 0.15) is 6.10 Å². The fourth-order valence-electron chi connectivity index (χ4n) is 4.11. The largest absolute Gasteiger partial charge is 0.458 e. The van der Waals surface area contributed by atoms with E-state index in [2.05, 4.69) is 13.2 Å². The minimum Gasteiger partial charge on any atom is -0.458 e. The van der Waals surface area contributed by atoms with Crippen LogP contribution < -0.4 is 0 Å². The lowest BCUT2D eigenvalue weighted by Crippen LogP contribution is -2.56. The van der Waals surface area contributed by atoms with Crippen molar-refractivity contribution in [2.75, 3.05) is 0 Å². The second-order valence-electron chi connectivity index (χ2n) is 6.37. The average molecular weight is 264 g/mol. The van der Waals surface area contributed by atoms with E-state index in [4.69, 9.17) is 4.74 Å². The highest BCUT2D eigenvalue weighted by Crippen LogP contribution is 2.57. The topological polar surface area (TPSA) is 66.8 Å². The van der Waals surface area contributed by atoms with Crippen molar-refractivity contribution < 1.29 is 19.7 Å². The minimum absolute atomic E-state index is 0.000162. The molecular weight excluding hydrogens is 244 g/mol. The Labute approximate surface area is 112 Å². The Morgan fingerprint density at radius 2 is 2.05 bits per heavy atom. The lowest BCUT2D eigenvalue weighted by Gasteiger charge is -2.53. The van der Waals surface area contributed by atoms with E-state index in [9.17, 15) is 15.0 Å². The number of fused-ring (bicyclic) bond motifs is 3. The maximum Gasteiger partial charge on any atom is 0.334 e. The normalized spacial score (nSPS) is 49.6. The molecule has 0 aromatic carbocycles. The molecule has 4 heteroatoms. The molecule has 4 nitrogen and oxygen atoms in total. The summed E-state index contributed by atoms with van der Waals surface area (Å²) in [5.41, 5.74) is 0.835. The molecule has 2 N–H and O–H groups in total. The molecule has 1 heterocycles. The van der Waals surface area contributed by atoms with E-state index < -0.39 is 12.2 Å². The summed E-state index contributed by atoms with van der Waals surface area (Å²) in [6.45, 7) is 9.81. The van der Waals surface area contributed by atoms with Gasteiger partial charge < -0.3 is 14.9 Å². The van der Waals surface area contributed by atoms with Crippen LogP contribution in [0.5, 0.6) is 0 Å². The van der Waals surface area contributed by atoms with Crippen LogP contribution in [0.4, 0.5) is 0 Å². The van der Waals surface area contributed by atoms with Crippen LogP contribution in [0.2, 0.25) is 0 Å². The average Bonchev–Trinajstić information content (AvgIpc) is 2.63. The smallest absolute Gasteiger partial charge is 0.334 e. The number of aliphatic hydroxyl groups is 2. The molecule has 0 bridgehead atoms. The van der Waals surface area contributed by atoms with E-state index in [0.717, 1.165) is 12.8 Å². The molecule has 0 aromatic heterocycles. The number of esters is 1. The number of ether oxygens (including phenoxy) is 1. The number of aliphatic hydroxyl groups excluding tert-OH is 2. The number of carbonyl (C=O) groups excluding carboxylic acids is 1. The third kappa shape index (κ3) is 1.56. The monoisotopic (exact) mass is 264 g/mol. The lowest BCUT2D eigenvalue weighted by molar-refractivity contribution is -0.155. The Hall–Kier alpha value is -1.13. The minimum atomic E-state index is -0.723. The number of hydrogen-bond donors (Lipinski definition) is 2. The van der Waals surface area contributed by atoms with Crippen molar-refractivity contribution in [2.45, 2.75) is 44.5 Å². The fourth-order valence-corrected chi connectivity index (χ4v) is 4.11. The summed E-state index contributed by atoms with van der Waals surface area (Å²) in [5.74, 6) is -0.533. The molecule has 3 aliphatic rings. The third-order valence-electron chi connectivity index (χ3n) is 5.42. The van der Waals surface area contributed by atoms with Gasteiger partial charge in [0.2, 0.25) is 0 Å². The molecule has 1 saturated heterocycles. The zero-order chi connectivity index (χ0) is 13.9. The highest BCUT2D eigenvalue weighted by atomic mass is 16.6. The predicted octanol–water partition coefficient (Wildman–Crippen LogP) is 1.18.